The van der Waals surface area contributed by atoms with Gasteiger partial charge in [0.15, 0.2) is 5.96 Å². The summed E-state index contributed by atoms with van der Waals surface area (Å²) in [6, 6.07) is 2.51. The molecular weight excluding hydrogens is 310 g/mol. The number of pyridine rings is 1. The number of hydrogen-bond acceptors (Lipinski definition) is 3. The van der Waals surface area contributed by atoms with Crippen molar-refractivity contribution in [1.29, 1.82) is 0 Å². The number of aryl methyl sites for hydroxylation is 1. The largest absolute Gasteiger partial charge is 0.357 e. The first kappa shape index (κ1) is 21.4. The van der Waals surface area contributed by atoms with Gasteiger partial charge in [0.2, 0.25) is 0 Å². The summed E-state index contributed by atoms with van der Waals surface area (Å²) < 4.78 is 0. The van der Waals surface area contributed by atoms with Gasteiger partial charge in [0.25, 0.3) is 0 Å². The van der Waals surface area contributed by atoms with E-state index in [1.807, 2.05) is 12.4 Å². The molecule has 0 bridgehead atoms. The molecule has 0 saturated carbocycles. The van der Waals surface area contributed by atoms with Gasteiger partial charge in [-0.2, -0.15) is 0 Å². The average molecular weight is 348 g/mol. The number of rotatable bonds is 11. The smallest absolute Gasteiger partial charge is 0.191 e. The molecule has 1 atom stereocenters. The van der Waals surface area contributed by atoms with Crippen molar-refractivity contribution in [1.82, 2.24) is 20.5 Å². The maximum absolute atomic E-state index is 4.73. The third kappa shape index (κ3) is 8.87. The van der Waals surface area contributed by atoms with Gasteiger partial charge >= 0.3 is 0 Å². The minimum absolute atomic E-state index is 0.427. The molecule has 0 spiro atoms. The fourth-order valence-electron chi connectivity index (χ4n) is 2.86. The number of aliphatic imine (C=N–C) groups is 1. The minimum atomic E-state index is 0.427. The Morgan fingerprint density at radius 3 is 2.68 bits per heavy atom. The summed E-state index contributed by atoms with van der Waals surface area (Å²) >= 11 is 0. The summed E-state index contributed by atoms with van der Waals surface area (Å²) in [4.78, 5) is 11.4. The predicted molar refractivity (Wildman–Crippen MR) is 108 cm³/mol. The molecule has 2 N–H and O–H groups in total. The topological polar surface area (TPSA) is 52.6 Å². The van der Waals surface area contributed by atoms with Crippen LogP contribution in [0.3, 0.4) is 0 Å². The van der Waals surface area contributed by atoms with E-state index in [4.69, 9.17) is 4.99 Å². The van der Waals surface area contributed by atoms with E-state index in [2.05, 4.69) is 61.2 Å². The van der Waals surface area contributed by atoms with E-state index in [0.717, 1.165) is 45.0 Å². The zero-order chi connectivity index (χ0) is 18.5. The highest BCUT2D eigenvalue weighted by atomic mass is 15.2. The number of aromatic nitrogens is 1. The van der Waals surface area contributed by atoms with Crippen LogP contribution in [0.1, 0.15) is 51.7 Å². The summed E-state index contributed by atoms with van der Waals surface area (Å²) in [6.07, 6.45) is 7.09. The van der Waals surface area contributed by atoms with E-state index in [-0.39, 0.29) is 0 Å². The lowest BCUT2D eigenvalue weighted by Gasteiger charge is -2.21. The van der Waals surface area contributed by atoms with Crippen LogP contribution in [-0.4, -0.2) is 54.6 Å². The molecule has 5 nitrogen and oxygen atoms in total. The molecule has 1 unspecified atom stereocenters. The molecule has 1 heterocycles. The highest BCUT2D eigenvalue weighted by molar-refractivity contribution is 5.80. The fraction of sp³-hybridized carbons (Fsp3) is 0.700. The van der Waals surface area contributed by atoms with E-state index in [0.29, 0.717) is 6.04 Å². The predicted octanol–water partition coefficient (Wildman–Crippen LogP) is 3.00. The Balaban J connectivity index is 2.42. The summed E-state index contributed by atoms with van der Waals surface area (Å²) in [5.41, 5.74) is 2.56. The molecule has 0 aliphatic heterocycles. The number of nitrogens with one attached hydrogen (secondary N) is 2. The van der Waals surface area contributed by atoms with Gasteiger partial charge in [-0.25, -0.2) is 0 Å². The van der Waals surface area contributed by atoms with E-state index in [1.165, 1.54) is 24.1 Å². The third-order valence-corrected chi connectivity index (χ3v) is 4.52. The van der Waals surface area contributed by atoms with Crippen molar-refractivity contribution in [3.8, 4) is 0 Å². The van der Waals surface area contributed by atoms with Crippen LogP contribution in [0.15, 0.2) is 23.5 Å². The maximum atomic E-state index is 4.73. The number of guanidine groups is 1. The second-order valence-electron chi connectivity index (χ2n) is 6.53. The summed E-state index contributed by atoms with van der Waals surface area (Å²) in [6.45, 7) is 16.0. The monoisotopic (exact) mass is 347 g/mol. The summed E-state index contributed by atoms with van der Waals surface area (Å²) in [5, 5.41) is 6.89. The maximum Gasteiger partial charge on any atom is 0.191 e. The van der Waals surface area contributed by atoms with Gasteiger partial charge in [0.1, 0.15) is 0 Å². The van der Waals surface area contributed by atoms with Gasteiger partial charge in [-0.1, -0.05) is 13.8 Å². The van der Waals surface area contributed by atoms with Gasteiger partial charge in [-0.05, 0) is 76.9 Å². The van der Waals surface area contributed by atoms with Crippen molar-refractivity contribution in [3.05, 3.63) is 29.6 Å². The molecule has 0 aliphatic rings. The lowest BCUT2D eigenvalue weighted by Crippen LogP contribution is -2.42. The van der Waals surface area contributed by atoms with Crippen molar-refractivity contribution in [2.24, 2.45) is 4.99 Å². The number of nitrogens with zero attached hydrogens (tertiary/aromatic N) is 3. The molecule has 25 heavy (non-hydrogen) atoms. The Bertz CT molecular complexity index is 497. The molecule has 1 aromatic heterocycles. The average Bonchev–Trinajstić information content (AvgIpc) is 2.60. The minimum Gasteiger partial charge on any atom is -0.357 e. The van der Waals surface area contributed by atoms with Gasteiger partial charge < -0.3 is 15.5 Å². The molecule has 5 heteroatoms. The van der Waals surface area contributed by atoms with Crippen molar-refractivity contribution >= 4 is 5.96 Å². The lowest BCUT2D eigenvalue weighted by atomic mass is 10.1. The Kier molecular flexibility index (Phi) is 10.9. The second kappa shape index (κ2) is 12.7. The molecule has 0 radical (unpaired) electrons. The SMILES string of the molecule is CCNC(=NCCc1ccncc1C)NC(C)CCCN(CC)CC. The van der Waals surface area contributed by atoms with Crippen LogP contribution in [0.25, 0.3) is 0 Å². The third-order valence-electron chi connectivity index (χ3n) is 4.52. The second-order valence-corrected chi connectivity index (χ2v) is 6.53. The van der Waals surface area contributed by atoms with E-state index in [1.54, 1.807) is 0 Å². The first-order chi connectivity index (χ1) is 12.1. The molecule has 0 amide bonds. The highest BCUT2D eigenvalue weighted by Gasteiger charge is 2.06. The van der Waals surface area contributed by atoms with E-state index < -0.39 is 0 Å². The number of hydrogen-bond donors (Lipinski definition) is 2. The van der Waals surface area contributed by atoms with E-state index in [9.17, 15) is 0 Å². The lowest BCUT2D eigenvalue weighted by molar-refractivity contribution is 0.292. The zero-order valence-electron chi connectivity index (χ0n) is 16.8. The van der Waals surface area contributed by atoms with Crippen LogP contribution in [0, 0.1) is 6.92 Å². The van der Waals surface area contributed by atoms with Crippen LogP contribution < -0.4 is 10.6 Å². The van der Waals surface area contributed by atoms with Crippen LogP contribution in [0.2, 0.25) is 0 Å². The Morgan fingerprint density at radius 2 is 2.04 bits per heavy atom. The molecule has 0 fully saturated rings. The summed E-state index contributed by atoms with van der Waals surface area (Å²) in [7, 11) is 0. The van der Waals surface area contributed by atoms with Crippen LogP contribution in [0.5, 0.6) is 0 Å². The van der Waals surface area contributed by atoms with Crippen molar-refractivity contribution in [3.63, 3.8) is 0 Å². The quantitative estimate of drug-likeness (QED) is 0.477. The Labute approximate surface area is 154 Å². The Hall–Kier alpha value is -1.62. The molecule has 0 aromatic carbocycles. The fourth-order valence-corrected chi connectivity index (χ4v) is 2.86. The first-order valence-corrected chi connectivity index (χ1v) is 9.77. The van der Waals surface area contributed by atoms with E-state index >= 15 is 0 Å². The van der Waals surface area contributed by atoms with Crippen molar-refractivity contribution in [2.75, 3.05) is 32.7 Å². The molecule has 1 aromatic rings. The van der Waals surface area contributed by atoms with Crippen LogP contribution in [0.4, 0.5) is 0 Å². The van der Waals surface area contributed by atoms with Gasteiger partial charge in [0.05, 0.1) is 0 Å². The standard InChI is InChI=1S/C20H37N5/c1-6-22-20(23-14-12-19-11-13-21-16-17(19)4)24-18(5)10-9-15-25(7-2)8-3/h11,13,16,18H,6-10,12,14-15H2,1-5H3,(H2,22,23,24). The van der Waals surface area contributed by atoms with Crippen LogP contribution >= 0.6 is 0 Å². The van der Waals surface area contributed by atoms with Gasteiger partial charge in [0, 0.05) is 31.5 Å². The van der Waals surface area contributed by atoms with Gasteiger partial charge in [-0.3, -0.25) is 9.98 Å². The van der Waals surface area contributed by atoms with Crippen molar-refractivity contribution in [2.45, 2.75) is 59.9 Å². The normalized spacial score (nSPS) is 13.1. The molecule has 0 saturated heterocycles. The summed E-state index contributed by atoms with van der Waals surface area (Å²) in [5.74, 6) is 0.921. The Morgan fingerprint density at radius 1 is 1.28 bits per heavy atom. The molecule has 0 aliphatic carbocycles. The first-order valence-electron chi connectivity index (χ1n) is 9.77. The molecule has 1 rings (SSSR count). The van der Waals surface area contributed by atoms with Crippen molar-refractivity contribution < 1.29 is 0 Å². The highest BCUT2D eigenvalue weighted by Crippen LogP contribution is 2.06. The molecular formula is C20H37N5. The zero-order valence-corrected chi connectivity index (χ0v) is 16.8. The van der Waals surface area contributed by atoms with Gasteiger partial charge in [-0.15, -0.1) is 0 Å². The van der Waals surface area contributed by atoms with Crippen LogP contribution in [-0.2, 0) is 6.42 Å². The molecule has 142 valence electrons.